The fourth-order valence-corrected chi connectivity index (χ4v) is 2.18. The van der Waals surface area contributed by atoms with Crippen LogP contribution in [0, 0.1) is 0 Å². The van der Waals surface area contributed by atoms with Gasteiger partial charge in [0.1, 0.15) is 6.04 Å². The maximum Gasteiger partial charge on any atom is 0.248 e. The molecule has 0 fully saturated rings. The van der Waals surface area contributed by atoms with Gasteiger partial charge in [0.2, 0.25) is 5.91 Å². The summed E-state index contributed by atoms with van der Waals surface area (Å²) in [5, 5.41) is 7.29. The van der Waals surface area contributed by atoms with E-state index in [9.17, 15) is 4.79 Å². The molecule has 1 N–H and O–H groups in total. The second-order valence-corrected chi connectivity index (χ2v) is 5.10. The standard InChI is InChI=1S/C12H11BrClN3O/c1-8(17-6-2-5-15-17)12(18)16-11-4-3-9(13)7-10(11)14/h2-8H,1H3,(H,16,18). The molecule has 1 unspecified atom stereocenters. The number of anilines is 1. The molecule has 0 saturated carbocycles. The fraction of sp³-hybridized carbons (Fsp3) is 0.167. The van der Waals surface area contributed by atoms with E-state index < -0.39 is 0 Å². The summed E-state index contributed by atoms with van der Waals surface area (Å²) in [5.41, 5.74) is 0.587. The van der Waals surface area contributed by atoms with Gasteiger partial charge in [-0.1, -0.05) is 27.5 Å². The number of nitrogens with zero attached hydrogens (tertiary/aromatic N) is 2. The van der Waals surface area contributed by atoms with Crippen molar-refractivity contribution in [1.29, 1.82) is 0 Å². The molecule has 4 nitrogen and oxygen atoms in total. The first kappa shape index (κ1) is 13.1. The van der Waals surface area contributed by atoms with Crippen LogP contribution in [0.15, 0.2) is 41.1 Å². The molecule has 6 heteroatoms. The average Bonchev–Trinajstić information content (AvgIpc) is 2.85. The Labute approximate surface area is 118 Å². The summed E-state index contributed by atoms with van der Waals surface area (Å²) in [6, 6.07) is 6.69. The summed E-state index contributed by atoms with van der Waals surface area (Å²) in [6.07, 6.45) is 3.38. The van der Waals surface area contributed by atoms with Crippen LogP contribution in [0.2, 0.25) is 5.02 Å². The van der Waals surface area contributed by atoms with Gasteiger partial charge in [-0.2, -0.15) is 5.10 Å². The van der Waals surface area contributed by atoms with Crippen LogP contribution in [0.1, 0.15) is 13.0 Å². The van der Waals surface area contributed by atoms with E-state index in [-0.39, 0.29) is 11.9 Å². The summed E-state index contributed by atoms with van der Waals surface area (Å²) in [7, 11) is 0. The third-order valence-corrected chi connectivity index (χ3v) is 3.30. The Balaban J connectivity index is 2.12. The van der Waals surface area contributed by atoms with Crippen molar-refractivity contribution < 1.29 is 4.79 Å². The lowest BCUT2D eigenvalue weighted by atomic mass is 10.2. The predicted octanol–water partition coefficient (Wildman–Crippen LogP) is 3.50. The van der Waals surface area contributed by atoms with Crippen molar-refractivity contribution in [2.45, 2.75) is 13.0 Å². The zero-order valence-corrected chi connectivity index (χ0v) is 11.9. The van der Waals surface area contributed by atoms with Gasteiger partial charge in [-0.15, -0.1) is 0 Å². The first-order chi connectivity index (χ1) is 8.58. The number of hydrogen-bond acceptors (Lipinski definition) is 2. The van der Waals surface area contributed by atoms with E-state index in [0.29, 0.717) is 10.7 Å². The van der Waals surface area contributed by atoms with Gasteiger partial charge in [0, 0.05) is 16.9 Å². The summed E-state index contributed by atoms with van der Waals surface area (Å²) >= 11 is 9.35. The number of amides is 1. The smallest absolute Gasteiger partial charge is 0.248 e. The van der Waals surface area contributed by atoms with Crippen LogP contribution in [0.5, 0.6) is 0 Å². The molecule has 0 aliphatic heterocycles. The van der Waals surface area contributed by atoms with E-state index in [0.717, 1.165) is 4.47 Å². The summed E-state index contributed by atoms with van der Waals surface area (Å²) in [6.45, 7) is 1.77. The lowest BCUT2D eigenvalue weighted by Gasteiger charge is -2.13. The highest BCUT2D eigenvalue weighted by Gasteiger charge is 2.16. The molecule has 94 valence electrons. The van der Waals surface area contributed by atoms with Crippen molar-refractivity contribution in [3.63, 3.8) is 0 Å². The van der Waals surface area contributed by atoms with E-state index in [4.69, 9.17) is 11.6 Å². The fourth-order valence-electron chi connectivity index (χ4n) is 1.46. The molecule has 0 saturated heterocycles. The van der Waals surface area contributed by atoms with Crippen molar-refractivity contribution in [3.8, 4) is 0 Å². The predicted molar refractivity (Wildman–Crippen MR) is 74.7 cm³/mol. The van der Waals surface area contributed by atoms with Gasteiger partial charge in [-0.25, -0.2) is 0 Å². The highest BCUT2D eigenvalue weighted by atomic mass is 79.9. The van der Waals surface area contributed by atoms with Crippen LogP contribution in [0.4, 0.5) is 5.69 Å². The molecule has 1 heterocycles. The third-order valence-electron chi connectivity index (χ3n) is 2.49. The Morgan fingerprint density at radius 3 is 2.94 bits per heavy atom. The van der Waals surface area contributed by atoms with Gasteiger partial charge in [-0.05, 0) is 31.2 Å². The topological polar surface area (TPSA) is 46.9 Å². The molecule has 1 aromatic carbocycles. The molecule has 1 atom stereocenters. The van der Waals surface area contributed by atoms with Gasteiger partial charge >= 0.3 is 0 Å². The van der Waals surface area contributed by atoms with Gasteiger partial charge < -0.3 is 5.32 Å². The molecule has 0 bridgehead atoms. The third kappa shape index (κ3) is 2.91. The summed E-state index contributed by atoms with van der Waals surface area (Å²) < 4.78 is 2.45. The van der Waals surface area contributed by atoms with E-state index in [1.807, 2.05) is 6.07 Å². The number of nitrogens with one attached hydrogen (secondary N) is 1. The van der Waals surface area contributed by atoms with E-state index >= 15 is 0 Å². The van der Waals surface area contributed by atoms with Crippen molar-refractivity contribution in [1.82, 2.24) is 9.78 Å². The quantitative estimate of drug-likeness (QED) is 0.937. The van der Waals surface area contributed by atoms with Crippen LogP contribution in [-0.4, -0.2) is 15.7 Å². The molecule has 0 aliphatic rings. The van der Waals surface area contributed by atoms with Gasteiger partial charge in [0.25, 0.3) is 0 Å². The van der Waals surface area contributed by atoms with Crippen molar-refractivity contribution in [3.05, 3.63) is 46.2 Å². The lowest BCUT2D eigenvalue weighted by molar-refractivity contribution is -0.119. The Morgan fingerprint density at radius 1 is 1.56 bits per heavy atom. The van der Waals surface area contributed by atoms with Crippen molar-refractivity contribution in [2.75, 3.05) is 5.32 Å². The van der Waals surface area contributed by atoms with Crippen molar-refractivity contribution >= 4 is 39.1 Å². The Hall–Kier alpha value is -1.33. The zero-order valence-electron chi connectivity index (χ0n) is 9.60. The minimum Gasteiger partial charge on any atom is -0.323 e. The number of aromatic nitrogens is 2. The van der Waals surface area contributed by atoms with Gasteiger partial charge in [0.05, 0.1) is 10.7 Å². The van der Waals surface area contributed by atoms with Gasteiger partial charge in [0.15, 0.2) is 0 Å². The molecular weight excluding hydrogens is 318 g/mol. The SMILES string of the molecule is CC(C(=O)Nc1ccc(Br)cc1Cl)n1cccn1. The maximum atomic E-state index is 12.0. The average molecular weight is 329 g/mol. The number of rotatable bonds is 3. The lowest BCUT2D eigenvalue weighted by Crippen LogP contribution is -2.24. The first-order valence-electron chi connectivity index (χ1n) is 5.33. The summed E-state index contributed by atoms with van der Waals surface area (Å²) in [4.78, 5) is 12.0. The van der Waals surface area contributed by atoms with Crippen LogP contribution in [-0.2, 0) is 4.79 Å². The van der Waals surface area contributed by atoms with Crippen LogP contribution >= 0.6 is 27.5 Å². The van der Waals surface area contributed by atoms with Crippen LogP contribution < -0.4 is 5.32 Å². The maximum absolute atomic E-state index is 12.0. The minimum absolute atomic E-state index is 0.164. The zero-order chi connectivity index (χ0) is 13.1. The highest BCUT2D eigenvalue weighted by Crippen LogP contribution is 2.26. The Kier molecular flexibility index (Phi) is 4.04. The first-order valence-corrected chi connectivity index (χ1v) is 6.50. The summed E-state index contributed by atoms with van der Waals surface area (Å²) in [5.74, 6) is -0.164. The Morgan fingerprint density at radius 2 is 2.33 bits per heavy atom. The second-order valence-electron chi connectivity index (χ2n) is 3.78. The number of carbonyl (C=O) groups is 1. The minimum atomic E-state index is -0.389. The molecule has 0 spiro atoms. The molecular formula is C12H11BrClN3O. The molecule has 2 rings (SSSR count). The molecule has 1 amide bonds. The number of hydrogen-bond donors (Lipinski definition) is 1. The molecule has 1 aromatic heterocycles. The van der Waals surface area contributed by atoms with Crippen LogP contribution in [0.3, 0.4) is 0 Å². The second kappa shape index (κ2) is 5.54. The Bertz CT molecular complexity index is 556. The van der Waals surface area contributed by atoms with Crippen LogP contribution in [0.25, 0.3) is 0 Å². The van der Waals surface area contributed by atoms with E-state index in [1.54, 1.807) is 42.2 Å². The van der Waals surface area contributed by atoms with Crippen molar-refractivity contribution in [2.24, 2.45) is 0 Å². The largest absolute Gasteiger partial charge is 0.323 e. The molecule has 2 aromatic rings. The molecule has 0 aliphatic carbocycles. The number of halogens is 2. The van der Waals surface area contributed by atoms with Gasteiger partial charge in [-0.3, -0.25) is 9.48 Å². The van der Waals surface area contributed by atoms with E-state index in [2.05, 4.69) is 26.3 Å². The monoisotopic (exact) mass is 327 g/mol. The number of benzene rings is 1. The molecule has 18 heavy (non-hydrogen) atoms. The van der Waals surface area contributed by atoms with E-state index in [1.165, 1.54) is 0 Å². The molecule has 0 radical (unpaired) electrons. The number of carbonyl (C=O) groups excluding carboxylic acids is 1. The highest BCUT2D eigenvalue weighted by molar-refractivity contribution is 9.10. The normalized spacial score (nSPS) is 12.2.